The topological polar surface area (TPSA) is 97.8 Å². The molecule has 3 N–H and O–H groups in total. The molecular formula is C12H19N4O4S+. The zero-order valence-corrected chi connectivity index (χ0v) is 12.4. The molecule has 0 aromatic heterocycles. The number of urea groups is 1. The smallest absolute Gasteiger partial charge is 0.327 e. The van der Waals surface area contributed by atoms with Crippen LogP contribution in [-0.4, -0.2) is 94.2 Å². The molecule has 0 aromatic rings. The molecule has 2 atom stereocenters. The number of aliphatic hydroxyl groups excluding tert-OH is 1. The van der Waals surface area contributed by atoms with Crippen LogP contribution in [0.5, 0.6) is 0 Å². The number of carbonyl (C=O) groups is 3. The van der Waals surface area contributed by atoms with Gasteiger partial charge < -0.3 is 20.2 Å². The molecule has 116 valence electrons. The van der Waals surface area contributed by atoms with Crippen molar-refractivity contribution in [3.05, 3.63) is 0 Å². The number of hydrogen-bond donors (Lipinski definition) is 2. The van der Waals surface area contributed by atoms with Crippen LogP contribution in [0.15, 0.2) is 0 Å². The number of nitrogens with two attached hydrogens (primary N) is 1. The average Bonchev–Trinajstić information content (AvgIpc) is 3.10. The fourth-order valence-electron chi connectivity index (χ4n) is 3.01. The fraction of sp³-hybridized carbons (Fsp3) is 0.750. The quantitative estimate of drug-likeness (QED) is 0.544. The summed E-state index contributed by atoms with van der Waals surface area (Å²) in [6.45, 7) is 0.889. The van der Waals surface area contributed by atoms with Gasteiger partial charge in [0.15, 0.2) is 6.04 Å². The maximum absolute atomic E-state index is 12.4. The van der Waals surface area contributed by atoms with Crippen molar-refractivity contribution in [2.45, 2.75) is 12.1 Å². The van der Waals surface area contributed by atoms with Gasteiger partial charge in [-0.05, 0) is 0 Å². The van der Waals surface area contributed by atoms with Crippen molar-refractivity contribution in [2.24, 2.45) is 0 Å². The Labute approximate surface area is 126 Å². The van der Waals surface area contributed by atoms with Gasteiger partial charge in [0.1, 0.15) is 11.9 Å². The molecule has 3 rings (SSSR count). The molecule has 4 amide bonds. The second-order valence-electron chi connectivity index (χ2n) is 5.37. The Hall–Kier alpha value is -1.32. The average molecular weight is 315 g/mol. The molecule has 0 aliphatic carbocycles. The van der Waals surface area contributed by atoms with Crippen LogP contribution in [0.1, 0.15) is 0 Å². The number of nitrogens with zero attached hydrogens (tertiary/aromatic N) is 3. The monoisotopic (exact) mass is 315 g/mol. The van der Waals surface area contributed by atoms with Gasteiger partial charge in [-0.15, -0.1) is 0 Å². The van der Waals surface area contributed by atoms with Gasteiger partial charge >= 0.3 is 6.03 Å². The van der Waals surface area contributed by atoms with E-state index in [0.717, 1.165) is 16.5 Å². The van der Waals surface area contributed by atoms with Gasteiger partial charge in [0.05, 0.1) is 25.4 Å². The Bertz CT molecular complexity index is 468. The maximum Gasteiger partial charge on any atom is 0.327 e. The van der Waals surface area contributed by atoms with Crippen molar-refractivity contribution in [3.63, 3.8) is 0 Å². The van der Waals surface area contributed by atoms with Crippen LogP contribution in [0.3, 0.4) is 0 Å². The van der Waals surface area contributed by atoms with E-state index in [2.05, 4.69) is 0 Å². The lowest BCUT2D eigenvalue weighted by atomic mass is 10.1. The van der Waals surface area contributed by atoms with Crippen molar-refractivity contribution in [1.29, 1.82) is 0 Å². The molecule has 0 bridgehead atoms. The minimum absolute atomic E-state index is 0.0195. The molecule has 3 aliphatic heterocycles. The minimum Gasteiger partial charge on any atom is -0.395 e. The third kappa shape index (κ3) is 2.49. The number of imide groups is 1. The number of β-amino-alcohol motifs (C(OH)–C–C–N with tert-alkyl or cyclic N) is 1. The van der Waals surface area contributed by atoms with Gasteiger partial charge in [0, 0.05) is 13.1 Å². The second kappa shape index (κ2) is 5.82. The first kappa shape index (κ1) is 14.6. The van der Waals surface area contributed by atoms with Crippen LogP contribution >= 0.6 is 11.8 Å². The van der Waals surface area contributed by atoms with Crippen LogP contribution in [0, 0.1) is 0 Å². The highest BCUT2D eigenvalue weighted by Gasteiger charge is 2.48. The number of fused-ring (bicyclic) bond motifs is 1. The zero-order valence-electron chi connectivity index (χ0n) is 11.6. The third-order valence-electron chi connectivity index (χ3n) is 4.16. The summed E-state index contributed by atoms with van der Waals surface area (Å²) >= 11 is 1.73. The van der Waals surface area contributed by atoms with E-state index in [9.17, 15) is 14.4 Å². The predicted molar refractivity (Wildman–Crippen MR) is 74.3 cm³/mol. The van der Waals surface area contributed by atoms with Crippen LogP contribution in [0.25, 0.3) is 0 Å². The predicted octanol–water partition coefficient (Wildman–Crippen LogP) is -2.91. The Morgan fingerprint density at radius 1 is 1.38 bits per heavy atom. The largest absolute Gasteiger partial charge is 0.395 e. The number of carbonyl (C=O) groups excluding carboxylic acids is 3. The number of piperazine rings is 1. The highest BCUT2D eigenvalue weighted by molar-refractivity contribution is 7.99. The lowest BCUT2D eigenvalue weighted by Gasteiger charge is -2.35. The summed E-state index contributed by atoms with van der Waals surface area (Å²) in [5.74, 6) is 1.44. The first-order chi connectivity index (χ1) is 10.1. The van der Waals surface area contributed by atoms with Crippen molar-refractivity contribution >= 4 is 29.6 Å². The summed E-state index contributed by atoms with van der Waals surface area (Å²) in [6.07, 6.45) is 0. The molecule has 3 fully saturated rings. The van der Waals surface area contributed by atoms with Crippen molar-refractivity contribution < 1.29 is 24.8 Å². The Morgan fingerprint density at radius 2 is 2.19 bits per heavy atom. The molecule has 3 aliphatic rings. The summed E-state index contributed by atoms with van der Waals surface area (Å²) in [7, 11) is 0. The molecule has 8 nitrogen and oxygen atoms in total. The maximum atomic E-state index is 12.4. The molecule has 21 heavy (non-hydrogen) atoms. The van der Waals surface area contributed by atoms with Crippen LogP contribution in [0.4, 0.5) is 4.79 Å². The normalized spacial score (nSPS) is 29.3. The lowest BCUT2D eigenvalue weighted by Crippen LogP contribution is -2.90. The molecular weight excluding hydrogens is 296 g/mol. The Kier molecular flexibility index (Phi) is 4.05. The molecule has 0 spiro atoms. The number of thioether (sulfide) groups is 1. The first-order valence-electron chi connectivity index (χ1n) is 7.06. The van der Waals surface area contributed by atoms with Gasteiger partial charge in [0.2, 0.25) is 0 Å². The number of quaternary nitrogens is 1. The van der Waals surface area contributed by atoms with E-state index < -0.39 is 6.04 Å². The van der Waals surface area contributed by atoms with Crippen LogP contribution < -0.4 is 5.32 Å². The van der Waals surface area contributed by atoms with E-state index in [1.54, 1.807) is 16.7 Å². The summed E-state index contributed by atoms with van der Waals surface area (Å²) in [4.78, 5) is 41.0. The third-order valence-corrected chi connectivity index (χ3v) is 5.18. The Balaban J connectivity index is 1.68. The zero-order chi connectivity index (χ0) is 15.0. The SMILES string of the molecule is O=C([C@@H]1CSC[NH2+]1)N1CCN2C(=O)N(CCO)C(=O)[C@H]2C1. The number of rotatable bonds is 3. The van der Waals surface area contributed by atoms with Gasteiger partial charge in [-0.25, -0.2) is 4.79 Å². The second-order valence-corrected chi connectivity index (χ2v) is 6.44. The van der Waals surface area contributed by atoms with E-state index in [0.29, 0.717) is 13.1 Å². The molecule has 0 unspecified atom stereocenters. The standard InChI is InChI=1S/C12H18N4O4S/c17-4-3-16-11(19)9-5-14(1-2-15(9)12(16)20)10(18)8-6-21-7-13-8/h8-9,13,17H,1-7H2/p+1/t8-,9+/m0/s1. The van der Waals surface area contributed by atoms with E-state index >= 15 is 0 Å². The summed E-state index contributed by atoms with van der Waals surface area (Å²) in [6, 6.07) is -1.01. The van der Waals surface area contributed by atoms with E-state index in [4.69, 9.17) is 5.11 Å². The van der Waals surface area contributed by atoms with E-state index in [1.807, 2.05) is 5.32 Å². The van der Waals surface area contributed by atoms with Gasteiger partial charge in [-0.3, -0.25) is 14.5 Å². The van der Waals surface area contributed by atoms with Gasteiger partial charge in [-0.2, -0.15) is 0 Å². The molecule has 0 saturated carbocycles. The van der Waals surface area contributed by atoms with Gasteiger partial charge in [0.25, 0.3) is 11.8 Å². The molecule has 0 aromatic carbocycles. The molecule has 0 radical (unpaired) electrons. The number of hydrogen-bond acceptors (Lipinski definition) is 5. The number of amides is 4. The van der Waals surface area contributed by atoms with Gasteiger partial charge in [-0.1, -0.05) is 11.8 Å². The Morgan fingerprint density at radius 3 is 2.86 bits per heavy atom. The van der Waals surface area contributed by atoms with Crippen LogP contribution in [-0.2, 0) is 9.59 Å². The fourth-order valence-corrected chi connectivity index (χ4v) is 4.05. The molecule has 3 heterocycles. The summed E-state index contributed by atoms with van der Waals surface area (Å²) in [5, 5.41) is 11.0. The minimum atomic E-state index is -0.587. The highest BCUT2D eigenvalue weighted by atomic mass is 32.2. The first-order valence-corrected chi connectivity index (χ1v) is 8.21. The molecule has 3 saturated heterocycles. The van der Waals surface area contributed by atoms with Crippen molar-refractivity contribution in [3.8, 4) is 0 Å². The number of aliphatic hydroxyl groups is 1. The van der Waals surface area contributed by atoms with Crippen molar-refractivity contribution in [2.75, 3.05) is 44.4 Å². The lowest BCUT2D eigenvalue weighted by molar-refractivity contribution is -0.649. The van der Waals surface area contributed by atoms with E-state index in [1.165, 1.54) is 4.90 Å². The van der Waals surface area contributed by atoms with Crippen LogP contribution in [0.2, 0.25) is 0 Å². The molecule has 9 heteroatoms. The highest BCUT2D eigenvalue weighted by Crippen LogP contribution is 2.22. The van der Waals surface area contributed by atoms with E-state index in [-0.39, 0.29) is 43.6 Å². The summed E-state index contributed by atoms with van der Waals surface area (Å²) in [5.41, 5.74) is 0. The summed E-state index contributed by atoms with van der Waals surface area (Å²) < 4.78 is 0. The van der Waals surface area contributed by atoms with Crippen molar-refractivity contribution in [1.82, 2.24) is 14.7 Å².